The maximum Gasteiger partial charge on any atom is 0.168 e. The van der Waals surface area contributed by atoms with Crippen LogP contribution < -0.4 is 4.74 Å². The zero-order valence-electron chi connectivity index (χ0n) is 13.8. The van der Waals surface area contributed by atoms with Crippen molar-refractivity contribution in [2.75, 3.05) is 7.11 Å². The molecule has 118 valence electrons. The monoisotopic (exact) mass is 307 g/mol. The van der Waals surface area contributed by atoms with Gasteiger partial charge in [-0.05, 0) is 38.0 Å². The van der Waals surface area contributed by atoms with Crippen molar-refractivity contribution in [1.82, 2.24) is 0 Å². The van der Waals surface area contributed by atoms with Gasteiger partial charge in [0, 0.05) is 11.1 Å². The molecule has 3 nitrogen and oxygen atoms in total. The summed E-state index contributed by atoms with van der Waals surface area (Å²) in [6.07, 6.45) is 1.18. The molecule has 0 aromatic heterocycles. The fourth-order valence-corrected chi connectivity index (χ4v) is 3.05. The van der Waals surface area contributed by atoms with Crippen molar-refractivity contribution in [3.05, 3.63) is 65.2 Å². The molecular weight excluding hydrogens is 286 g/mol. The second-order valence-electron chi connectivity index (χ2n) is 6.54. The Balaban J connectivity index is 1.97. The van der Waals surface area contributed by atoms with Gasteiger partial charge in [0.1, 0.15) is 5.75 Å². The number of methoxy groups -OCH3 is 1. The number of ether oxygens (including phenoxy) is 1. The molecule has 0 bridgehead atoms. The lowest BCUT2D eigenvalue weighted by atomic mass is 9.85. The molecule has 0 saturated carbocycles. The summed E-state index contributed by atoms with van der Waals surface area (Å²) in [5.41, 5.74) is 3.65. The third kappa shape index (κ3) is 3.34. The van der Waals surface area contributed by atoms with Crippen LogP contribution in [0.5, 0.6) is 5.75 Å². The molecule has 1 heterocycles. The van der Waals surface area contributed by atoms with Crippen molar-refractivity contribution in [2.24, 2.45) is 4.99 Å². The SMILES string of the molecule is COc1ccc2c(c1)C(CC(=O)c1ccccc1)=NC(C)(C)C2. The first-order chi connectivity index (χ1) is 11.0. The Morgan fingerprint density at radius 2 is 1.91 bits per heavy atom. The van der Waals surface area contributed by atoms with Crippen LogP contribution in [0, 0.1) is 0 Å². The molecule has 0 radical (unpaired) electrons. The van der Waals surface area contributed by atoms with Crippen molar-refractivity contribution >= 4 is 11.5 Å². The lowest BCUT2D eigenvalue weighted by Gasteiger charge is -2.29. The number of carbonyl (C=O) groups excluding carboxylic acids is 1. The van der Waals surface area contributed by atoms with Crippen molar-refractivity contribution in [3.8, 4) is 5.75 Å². The van der Waals surface area contributed by atoms with Gasteiger partial charge in [-0.2, -0.15) is 0 Å². The second-order valence-corrected chi connectivity index (χ2v) is 6.54. The molecule has 0 saturated heterocycles. The van der Waals surface area contributed by atoms with Crippen LogP contribution in [-0.2, 0) is 6.42 Å². The van der Waals surface area contributed by atoms with Crippen LogP contribution in [0.3, 0.4) is 0 Å². The minimum absolute atomic E-state index is 0.0934. The number of aliphatic imine (C=N–C) groups is 1. The zero-order valence-corrected chi connectivity index (χ0v) is 13.8. The summed E-state index contributed by atoms with van der Waals surface area (Å²) in [6.45, 7) is 4.21. The molecule has 1 aliphatic heterocycles. The Hall–Kier alpha value is -2.42. The maximum atomic E-state index is 12.6. The van der Waals surface area contributed by atoms with E-state index in [1.807, 2.05) is 42.5 Å². The van der Waals surface area contributed by atoms with Crippen LogP contribution in [0.15, 0.2) is 53.5 Å². The van der Waals surface area contributed by atoms with Gasteiger partial charge < -0.3 is 4.74 Å². The summed E-state index contributed by atoms with van der Waals surface area (Å²) in [4.78, 5) is 17.4. The Labute approximate surface area is 137 Å². The summed E-state index contributed by atoms with van der Waals surface area (Å²) in [5, 5.41) is 0. The fraction of sp³-hybridized carbons (Fsp3) is 0.300. The largest absolute Gasteiger partial charge is 0.497 e. The third-order valence-corrected chi connectivity index (χ3v) is 4.11. The van der Waals surface area contributed by atoms with E-state index in [0.717, 1.165) is 29.0 Å². The Morgan fingerprint density at radius 3 is 2.61 bits per heavy atom. The summed E-state index contributed by atoms with van der Waals surface area (Å²) in [5.74, 6) is 0.888. The number of benzene rings is 2. The summed E-state index contributed by atoms with van der Waals surface area (Å²) in [7, 11) is 1.65. The van der Waals surface area contributed by atoms with Crippen molar-refractivity contribution in [2.45, 2.75) is 32.2 Å². The average Bonchev–Trinajstić information content (AvgIpc) is 2.54. The first-order valence-electron chi connectivity index (χ1n) is 7.83. The molecule has 0 N–H and O–H groups in total. The Bertz CT molecular complexity index is 760. The van der Waals surface area contributed by atoms with E-state index in [2.05, 4.69) is 19.9 Å². The molecule has 0 fully saturated rings. The van der Waals surface area contributed by atoms with Gasteiger partial charge in [0.15, 0.2) is 5.78 Å². The van der Waals surface area contributed by atoms with Gasteiger partial charge in [0.25, 0.3) is 0 Å². The lowest BCUT2D eigenvalue weighted by Crippen LogP contribution is -2.30. The van der Waals surface area contributed by atoms with Crippen LogP contribution >= 0.6 is 0 Å². The van der Waals surface area contributed by atoms with Gasteiger partial charge >= 0.3 is 0 Å². The first kappa shape index (κ1) is 15.5. The smallest absolute Gasteiger partial charge is 0.168 e. The Morgan fingerprint density at radius 1 is 1.17 bits per heavy atom. The second kappa shape index (κ2) is 5.99. The van der Waals surface area contributed by atoms with E-state index in [1.54, 1.807) is 7.11 Å². The third-order valence-electron chi connectivity index (χ3n) is 4.11. The molecule has 0 atom stereocenters. The van der Waals surface area contributed by atoms with E-state index in [4.69, 9.17) is 9.73 Å². The van der Waals surface area contributed by atoms with Gasteiger partial charge in [-0.1, -0.05) is 36.4 Å². The summed E-state index contributed by atoms with van der Waals surface area (Å²) in [6, 6.07) is 15.4. The van der Waals surface area contributed by atoms with Gasteiger partial charge in [0.2, 0.25) is 0 Å². The number of hydrogen-bond acceptors (Lipinski definition) is 3. The molecule has 0 spiro atoms. The summed E-state index contributed by atoms with van der Waals surface area (Å²) < 4.78 is 5.33. The summed E-state index contributed by atoms with van der Waals surface area (Å²) >= 11 is 0. The zero-order chi connectivity index (χ0) is 16.4. The van der Waals surface area contributed by atoms with Gasteiger partial charge in [-0.3, -0.25) is 9.79 Å². The number of fused-ring (bicyclic) bond motifs is 1. The molecule has 3 rings (SSSR count). The number of Topliss-reactive ketones (excluding diaryl/α,β-unsaturated/α-hetero) is 1. The normalized spacial score (nSPS) is 15.5. The van der Waals surface area contributed by atoms with Crippen LogP contribution in [0.2, 0.25) is 0 Å². The molecule has 0 amide bonds. The van der Waals surface area contributed by atoms with Crippen LogP contribution in [0.1, 0.15) is 41.8 Å². The highest BCUT2D eigenvalue weighted by Crippen LogP contribution is 2.30. The molecule has 23 heavy (non-hydrogen) atoms. The van der Waals surface area contributed by atoms with Gasteiger partial charge in [-0.15, -0.1) is 0 Å². The fourth-order valence-electron chi connectivity index (χ4n) is 3.05. The molecule has 2 aromatic carbocycles. The Kier molecular flexibility index (Phi) is 4.03. The van der Waals surface area contributed by atoms with E-state index in [0.29, 0.717) is 6.42 Å². The molecule has 1 aliphatic rings. The van der Waals surface area contributed by atoms with E-state index >= 15 is 0 Å². The number of rotatable bonds is 4. The van der Waals surface area contributed by atoms with E-state index < -0.39 is 0 Å². The van der Waals surface area contributed by atoms with Crippen LogP contribution in [0.4, 0.5) is 0 Å². The topological polar surface area (TPSA) is 38.7 Å². The number of hydrogen-bond donors (Lipinski definition) is 0. The number of nitrogens with zero attached hydrogens (tertiary/aromatic N) is 1. The minimum Gasteiger partial charge on any atom is -0.497 e. The van der Waals surface area contributed by atoms with E-state index in [1.165, 1.54) is 5.56 Å². The van der Waals surface area contributed by atoms with Gasteiger partial charge in [0.05, 0.1) is 24.8 Å². The van der Waals surface area contributed by atoms with E-state index in [-0.39, 0.29) is 11.3 Å². The van der Waals surface area contributed by atoms with Gasteiger partial charge in [-0.25, -0.2) is 0 Å². The quantitative estimate of drug-likeness (QED) is 0.798. The van der Waals surface area contributed by atoms with Crippen molar-refractivity contribution in [3.63, 3.8) is 0 Å². The predicted molar refractivity (Wildman–Crippen MR) is 92.7 cm³/mol. The van der Waals surface area contributed by atoms with Crippen LogP contribution in [0.25, 0.3) is 0 Å². The lowest BCUT2D eigenvalue weighted by molar-refractivity contribution is 0.100. The molecule has 0 aliphatic carbocycles. The first-order valence-corrected chi connectivity index (χ1v) is 7.83. The number of carbonyl (C=O) groups is 1. The highest BCUT2D eigenvalue weighted by Gasteiger charge is 2.28. The molecular formula is C20H21NO2. The highest BCUT2D eigenvalue weighted by atomic mass is 16.5. The molecule has 0 unspecified atom stereocenters. The van der Waals surface area contributed by atoms with Crippen molar-refractivity contribution < 1.29 is 9.53 Å². The maximum absolute atomic E-state index is 12.6. The van der Waals surface area contributed by atoms with E-state index in [9.17, 15) is 4.79 Å². The average molecular weight is 307 g/mol. The standard InChI is InChI=1S/C20H21NO2/c1-20(2)13-15-9-10-16(23-3)11-17(15)18(21-20)12-19(22)14-7-5-4-6-8-14/h4-11H,12-13H2,1-3H3. The highest BCUT2D eigenvalue weighted by molar-refractivity contribution is 6.16. The predicted octanol–water partition coefficient (Wildman–Crippen LogP) is 4.09. The molecule has 3 heteroatoms. The number of ketones is 1. The molecule has 2 aromatic rings. The minimum atomic E-state index is -0.187. The van der Waals surface area contributed by atoms with Crippen molar-refractivity contribution in [1.29, 1.82) is 0 Å². The van der Waals surface area contributed by atoms with Crippen LogP contribution in [-0.4, -0.2) is 24.1 Å².